The van der Waals surface area contributed by atoms with Crippen molar-refractivity contribution in [2.24, 2.45) is 5.92 Å². The Hall–Kier alpha value is -2.21. The second-order valence-corrected chi connectivity index (χ2v) is 5.72. The molecule has 1 saturated heterocycles. The van der Waals surface area contributed by atoms with E-state index in [0.29, 0.717) is 13.2 Å². The van der Waals surface area contributed by atoms with Crippen molar-refractivity contribution in [1.82, 2.24) is 20.1 Å². The molecule has 0 aromatic carbocycles. The standard InChI is InChI=1S/C17H22N4O2/c1-2-21-12-14(11-20-21)16-15(6-9-23-16)17(22)19-8-5-13-4-3-7-18-10-13/h3-4,7,10-12,15-16H,2,5-6,8-9H2,1H3,(H,19,22)/t15-,16+/m0/s1. The van der Waals surface area contributed by atoms with Crippen LogP contribution in [0.4, 0.5) is 0 Å². The molecule has 2 aromatic heterocycles. The summed E-state index contributed by atoms with van der Waals surface area (Å²) in [5.74, 6) is -0.0842. The van der Waals surface area contributed by atoms with Crippen molar-refractivity contribution in [3.63, 3.8) is 0 Å². The molecule has 1 aliphatic heterocycles. The number of aromatic nitrogens is 3. The van der Waals surface area contributed by atoms with Crippen molar-refractivity contribution in [2.45, 2.75) is 32.4 Å². The van der Waals surface area contributed by atoms with E-state index in [1.807, 2.05) is 36.1 Å². The molecule has 0 spiro atoms. The van der Waals surface area contributed by atoms with Gasteiger partial charge in [-0.05, 0) is 31.4 Å². The maximum atomic E-state index is 12.5. The molecule has 1 aliphatic rings. The number of nitrogens with zero attached hydrogens (tertiary/aromatic N) is 3. The van der Waals surface area contributed by atoms with Gasteiger partial charge >= 0.3 is 0 Å². The second-order valence-electron chi connectivity index (χ2n) is 5.72. The van der Waals surface area contributed by atoms with Gasteiger partial charge in [-0.3, -0.25) is 14.5 Å². The Labute approximate surface area is 135 Å². The van der Waals surface area contributed by atoms with Crippen LogP contribution in [0.1, 0.15) is 30.6 Å². The van der Waals surface area contributed by atoms with Crippen molar-refractivity contribution in [2.75, 3.05) is 13.2 Å². The molecule has 2 aromatic rings. The van der Waals surface area contributed by atoms with Gasteiger partial charge in [0.25, 0.3) is 0 Å². The Bertz CT molecular complexity index is 641. The first-order chi connectivity index (χ1) is 11.3. The van der Waals surface area contributed by atoms with Crippen LogP contribution in [0, 0.1) is 5.92 Å². The van der Waals surface area contributed by atoms with Crippen LogP contribution < -0.4 is 5.32 Å². The number of hydrogen-bond donors (Lipinski definition) is 1. The van der Waals surface area contributed by atoms with Crippen molar-refractivity contribution < 1.29 is 9.53 Å². The van der Waals surface area contributed by atoms with Crippen LogP contribution in [0.15, 0.2) is 36.9 Å². The maximum absolute atomic E-state index is 12.5. The largest absolute Gasteiger partial charge is 0.373 e. The monoisotopic (exact) mass is 314 g/mol. The van der Waals surface area contributed by atoms with Crippen LogP contribution in [-0.2, 0) is 22.5 Å². The zero-order valence-electron chi connectivity index (χ0n) is 13.3. The topological polar surface area (TPSA) is 69.0 Å². The Morgan fingerprint density at radius 1 is 1.48 bits per heavy atom. The van der Waals surface area contributed by atoms with Crippen LogP contribution >= 0.6 is 0 Å². The van der Waals surface area contributed by atoms with E-state index < -0.39 is 0 Å². The quantitative estimate of drug-likeness (QED) is 0.882. The Morgan fingerprint density at radius 3 is 3.13 bits per heavy atom. The van der Waals surface area contributed by atoms with Gasteiger partial charge < -0.3 is 10.1 Å². The van der Waals surface area contributed by atoms with E-state index in [-0.39, 0.29) is 17.9 Å². The number of carbonyl (C=O) groups is 1. The average molecular weight is 314 g/mol. The SMILES string of the molecule is CCn1cc([C@H]2OCC[C@@H]2C(=O)NCCc2cccnc2)cn1. The highest BCUT2D eigenvalue weighted by atomic mass is 16.5. The highest BCUT2D eigenvalue weighted by Crippen LogP contribution is 2.34. The van der Waals surface area contributed by atoms with E-state index in [0.717, 1.165) is 30.5 Å². The maximum Gasteiger partial charge on any atom is 0.226 e. The van der Waals surface area contributed by atoms with Crippen molar-refractivity contribution in [1.29, 1.82) is 0 Å². The van der Waals surface area contributed by atoms with Gasteiger partial charge in [0, 0.05) is 43.9 Å². The summed E-state index contributed by atoms with van der Waals surface area (Å²) in [7, 11) is 0. The number of amides is 1. The van der Waals surface area contributed by atoms with Gasteiger partial charge in [0.05, 0.1) is 18.2 Å². The lowest BCUT2D eigenvalue weighted by Gasteiger charge is -2.17. The first kappa shape index (κ1) is 15.7. The summed E-state index contributed by atoms with van der Waals surface area (Å²) in [6, 6.07) is 3.92. The van der Waals surface area contributed by atoms with Gasteiger partial charge in [0.1, 0.15) is 0 Å². The second kappa shape index (κ2) is 7.37. The van der Waals surface area contributed by atoms with E-state index in [9.17, 15) is 4.79 Å². The number of pyridine rings is 1. The van der Waals surface area contributed by atoms with Crippen LogP contribution in [0.3, 0.4) is 0 Å². The third kappa shape index (κ3) is 3.76. The van der Waals surface area contributed by atoms with E-state index >= 15 is 0 Å². The summed E-state index contributed by atoms with van der Waals surface area (Å²) < 4.78 is 7.63. The predicted octanol–water partition coefficient (Wildman–Crippen LogP) is 1.73. The molecule has 0 unspecified atom stereocenters. The van der Waals surface area contributed by atoms with E-state index in [2.05, 4.69) is 15.4 Å². The molecule has 1 fully saturated rings. The van der Waals surface area contributed by atoms with Crippen LogP contribution in [-0.4, -0.2) is 33.8 Å². The fourth-order valence-corrected chi connectivity index (χ4v) is 2.89. The van der Waals surface area contributed by atoms with Gasteiger partial charge in [-0.2, -0.15) is 5.10 Å². The minimum absolute atomic E-state index is 0.0561. The van der Waals surface area contributed by atoms with Crippen LogP contribution in [0.2, 0.25) is 0 Å². The zero-order valence-corrected chi connectivity index (χ0v) is 13.3. The van der Waals surface area contributed by atoms with Crippen LogP contribution in [0.25, 0.3) is 0 Å². The van der Waals surface area contributed by atoms with E-state index in [1.165, 1.54) is 0 Å². The highest BCUT2D eigenvalue weighted by Gasteiger charge is 2.35. The summed E-state index contributed by atoms with van der Waals surface area (Å²) in [5, 5.41) is 7.29. The Morgan fingerprint density at radius 2 is 2.39 bits per heavy atom. The minimum atomic E-state index is -0.186. The molecule has 6 nitrogen and oxygen atoms in total. The average Bonchev–Trinajstić information content (AvgIpc) is 3.24. The lowest BCUT2D eigenvalue weighted by molar-refractivity contribution is -0.126. The highest BCUT2D eigenvalue weighted by molar-refractivity contribution is 5.79. The van der Waals surface area contributed by atoms with Gasteiger partial charge in [-0.15, -0.1) is 0 Å². The molecule has 122 valence electrons. The third-order valence-corrected chi connectivity index (χ3v) is 4.17. The summed E-state index contributed by atoms with van der Waals surface area (Å²) in [4.78, 5) is 16.5. The number of hydrogen-bond acceptors (Lipinski definition) is 4. The molecule has 23 heavy (non-hydrogen) atoms. The normalized spacial score (nSPS) is 20.6. The molecule has 3 heterocycles. The number of carbonyl (C=O) groups excluding carboxylic acids is 1. The smallest absolute Gasteiger partial charge is 0.226 e. The Kier molecular flexibility index (Phi) is 5.02. The zero-order chi connectivity index (χ0) is 16.1. The summed E-state index contributed by atoms with van der Waals surface area (Å²) in [6.07, 6.45) is 8.69. The molecule has 0 saturated carbocycles. The number of aryl methyl sites for hydroxylation is 1. The van der Waals surface area contributed by atoms with Crippen molar-refractivity contribution in [3.05, 3.63) is 48.0 Å². The van der Waals surface area contributed by atoms with Gasteiger partial charge in [-0.1, -0.05) is 6.07 Å². The van der Waals surface area contributed by atoms with E-state index in [4.69, 9.17) is 4.74 Å². The molecule has 3 rings (SSSR count). The van der Waals surface area contributed by atoms with Gasteiger partial charge in [-0.25, -0.2) is 0 Å². The molecule has 0 radical (unpaired) electrons. The first-order valence-electron chi connectivity index (χ1n) is 8.08. The predicted molar refractivity (Wildman–Crippen MR) is 85.7 cm³/mol. The molecule has 6 heteroatoms. The van der Waals surface area contributed by atoms with Crippen molar-refractivity contribution >= 4 is 5.91 Å². The number of rotatable bonds is 6. The van der Waals surface area contributed by atoms with Crippen LogP contribution in [0.5, 0.6) is 0 Å². The fourth-order valence-electron chi connectivity index (χ4n) is 2.89. The molecular formula is C17H22N4O2. The number of nitrogens with one attached hydrogen (secondary N) is 1. The van der Waals surface area contributed by atoms with Crippen molar-refractivity contribution in [3.8, 4) is 0 Å². The molecule has 0 bridgehead atoms. The molecular weight excluding hydrogens is 292 g/mol. The lowest BCUT2D eigenvalue weighted by Crippen LogP contribution is -2.33. The lowest BCUT2D eigenvalue weighted by atomic mass is 9.96. The molecule has 1 amide bonds. The van der Waals surface area contributed by atoms with E-state index in [1.54, 1.807) is 12.4 Å². The van der Waals surface area contributed by atoms with Gasteiger partial charge in [0.15, 0.2) is 0 Å². The minimum Gasteiger partial charge on any atom is -0.373 e. The molecule has 0 aliphatic carbocycles. The molecule has 2 atom stereocenters. The summed E-state index contributed by atoms with van der Waals surface area (Å²) in [5.41, 5.74) is 2.10. The first-order valence-corrected chi connectivity index (χ1v) is 8.08. The third-order valence-electron chi connectivity index (χ3n) is 4.17. The number of ether oxygens (including phenoxy) is 1. The summed E-state index contributed by atoms with van der Waals surface area (Å²) in [6.45, 7) is 4.08. The van der Waals surface area contributed by atoms with Gasteiger partial charge in [0.2, 0.25) is 5.91 Å². The summed E-state index contributed by atoms with van der Waals surface area (Å²) >= 11 is 0. The Balaban J connectivity index is 1.55. The molecule has 1 N–H and O–H groups in total. The fraction of sp³-hybridized carbons (Fsp3) is 0.471.